The second kappa shape index (κ2) is 5.11. The van der Waals surface area contributed by atoms with Crippen LogP contribution in [0.15, 0.2) is 24.6 Å². The van der Waals surface area contributed by atoms with Gasteiger partial charge in [-0.15, -0.1) is 6.58 Å². The van der Waals surface area contributed by atoms with E-state index in [1.54, 1.807) is 6.08 Å². The van der Waals surface area contributed by atoms with Gasteiger partial charge >= 0.3 is 0 Å². The van der Waals surface area contributed by atoms with Crippen LogP contribution in [0.3, 0.4) is 0 Å². The molecule has 0 aliphatic rings. The van der Waals surface area contributed by atoms with E-state index in [0.29, 0.717) is 11.8 Å². The van der Waals surface area contributed by atoms with Gasteiger partial charge in [-0.05, 0) is 25.2 Å². The predicted octanol–water partition coefficient (Wildman–Crippen LogP) is 3.71. The van der Waals surface area contributed by atoms with Gasteiger partial charge in [0, 0.05) is 0 Å². The number of hydrogen-bond acceptors (Lipinski definition) is 0. The lowest BCUT2D eigenvalue weighted by Gasteiger charge is -2.13. The fourth-order valence-electron chi connectivity index (χ4n) is 0.939. The van der Waals surface area contributed by atoms with Crippen molar-refractivity contribution in [3.05, 3.63) is 24.6 Å². The highest BCUT2D eigenvalue weighted by Gasteiger charge is 2.06. The Hall–Kier alpha value is -0.590. The summed E-state index contributed by atoms with van der Waals surface area (Å²) in [6, 6.07) is 0. The largest absolute Gasteiger partial charge is 0.212 e. The van der Waals surface area contributed by atoms with Crippen molar-refractivity contribution in [1.82, 2.24) is 0 Å². The summed E-state index contributed by atoms with van der Waals surface area (Å²) in [5.74, 6) is 0.848. The lowest BCUT2D eigenvalue weighted by atomic mass is 9.93. The van der Waals surface area contributed by atoms with E-state index in [4.69, 9.17) is 0 Å². The molecule has 0 aromatic carbocycles. The van der Waals surface area contributed by atoms with E-state index in [0.717, 1.165) is 6.42 Å². The van der Waals surface area contributed by atoms with Crippen LogP contribution in [0, 0.1) is 11.8 Å². The molecular formula is C10H17F. The first-order valence-corrected chi connectivity index (χ1v) is 4.02. The highest BCUT2D eigenvalue weighted by atomic mass is 19.1. The number of hydrogen-bond donors (Lipinski definition) is 0. The van der Waals surface area contributed by atoms with Gasteiger partial charge in [0.25, 0.3) is 0 Å². The molecule has 0 bridgehead atoms. The van der Waals surface area contributed by atoms with E-state index >= 15 is 0 Å². The summed E-state index contributed by atoms with van der Waals surface area (Å²) in [5.41, 5.74) is 0. The van der Waals surface area contributed by atoms with Crippen molar-refractivity contribution >= 4 is 0 Å². The molecule has 64 valence electrons. The molecule has 0 aliphatic carbocycles. The molecule has 0 heterocycles. The molecule has 0 rings (SSSR count). The molecule has 0 radical (unpaired) electrons. The monoisotopic (exact) mass is 156 g/mol. The number of halogens is 1. The van der Waals surface area contributed by atoms with Crippen LogP contribution >= 0.6 is 0 Å². The predicted molar refractivity (Wildman–Crippen MR) is 48.0 cm³/mol. The Morgan fingerprint density at radius 3 is 2.36 bits per heavy atom. The van der Waals surface area contributed by atoms with Gasteiger partial charge in [-0.1, -0.05) is 26.0 Å². The summed E-state index contributed by atoms with van der Waals surface area (Å²) >= 11 is 0. The molecule has 0 aromatic rings. The van der Waals surface area contributed by atoms with E-state index in [2.05, 4.69) is 20.4 Å². The zero-order chi connectivity index (χ0) is 8.85. The average molecular weight is 156 g/mol. The van der Waals surface area contributed by atoms with Crippen LogP contribution in [0.4, 0.5) is 4.39 Å². The van der Waals surface area contributed by atoms with Crippen molar-refractivity contribution < 1.29 is 4.39 Å². The zero-order valence-electron chi connectivity index (χ0n) is 7.60. The third-order valence-electron chi connectivity index (χ3n) is 1.83. The first-order chi connectivity index (χ1) is 5.07. The van der Waals surface area contributed by atoms with Crippen molar-refractivity contribution in [3.63, 3.8) is 0 Å². The maximum atomic E-state index is 12.3. The molecule has 0 nitrogen and oxygen atoms in total. The molecular weight excluding hydrogens is 139 g/mol. The summed E-state index contributed by atoms with van der Waals surface area (Å²) in [5, 5.41) is 0. The summed E-state index contributed by atoms with van der Waals surface area (Å²) in [4.78, 5) is 0. The Morgan fingerprint density at radius 2 is 2.09 bits per heavy atom. The van der Waals surface area contributed by atoms with Crippen LogP contribution < -0.4 is 0 Å². The fraction of sp³-hybridized carbons (Fsp3) is 0.600. The second-order valence-electron chi connectivity index (χ2n) is 3.17. The molecule has 1 unspecified atom stereocenters. The van der Waals surface area contributed by atoms with Crippen molar-refractivity contribution in [2.24, 2.45) is 11.8 Å². The van der Waals surface area contributed by atoms with Gasteiger partial charge in [-0.2, -0.15) is 0 Å². The van der Waals surface area contributed by atoms with Gasteiger partial charge < -0.3 is 0 Å². The van der Waals surface area contributed by atoms with Crippen LogP contribution in [0.25, 0.3) is 0 Å². The van der Waals surface area contributed by atoms with Crippen molar-refractivity contribution in [1.29, 1.82) is 0 Å². The Balaban J connectivity index is 3.89. The highest BCUT2D eigenvalue weighted by Crippen LogP contribution is 2.17. The first-order valence-electron chi connectivity index (χ1n) is 4.02. The van der Waals surface area contributed by atoms with E-state index in [9.17, 15) is 4.39 Å². The maximum Gasteiger partial charge on any atom is 0.0929 e. The van der Waals surface area contributed by atoms with E-state index in [1.165, 1.54) is 6.92 Å². The number of rotatable bonds is 4. The van der Waals surface area contributed by atoms with Crippen LogP contribution in [0.1, 0.15) is 27.2 Å². The van der Waals surface area contributed by atoms with Crippen molar-refractivity contribution in [2.45, 2.75) is 27.2 Å². The van der Waals surface area contributed by atoms with Crippen molar-refractivity contribution in [2.75, 3.05) is 0 Å². The summed E-state index contributed by atoms with van der Waals surface area (Å²) in [6.45, 7) is 9.42. The molecule has 0 aliphatic heterocycles. The fourth-order valence-corrected chi connectivity index (χ4v) is 0.939. The first kappa shape index (κ1) is 10.4. The third-order valence-corrected chi connectivity index (χ3v) is 1.83. The molecule has 0 fully saturated rings. The average Bonchev–Trinajstić information content (AvgIpc) is 1.87. The highest BCUT2D eigenvalue weighted by molar-refractivity contribution is 4.93. The normalized spacial score (nSPS) is 15.2. The molecule has 0 N–H and O–H groups in total. The molecule has 1 atom stereocenters. The summed E-state index contributed by atoms with van der Waals surface area (Å²) < 4.78 is 12.3. The second-order valence-corrected chi connectivity index (χ2v) is 3.17. The van der Waals surface area contributed by atoms with E-state index in [1.807, 2.05) is 6.08 Å². The zero-order valence-corrected chi connectivity index (χ0v) is 7.60. The molecule has 0 spiro atoms. The molecule has 0 saturated heterocycles. The SMILES string of the molecule is C=CC(C/C=C(\C)F)C(C)C. The van der Waals surface area contributed by atoms with Gasteiger partial charge in [0.15, 0.2) is 0 Å². The molecule has 11 heavy (non-hydrogen) atoms. The number of allylic oxidation sites excluding steroid dienone is 3. The third kappa shape index (κ3) is 4.77. The van der Waals surface area contributed by atoms with Gasteiger partial charge in [0.1, 0.15) is 0 Å². The van der Waals surface area contributed by atoms with Crippen LogP contribution in [-0.2, 0) is 0 Å². The maximum absolute atomic E-state index is 12.3. The molecule has 0 amide bonds. The smallest absolute Gasteiger partial charge is 0.0929 e. The molecule has 0 saturated carbocycles. The van der Waals surface area contributed by atoms with Gasteiger partial charge in [0.05, 0.1) is 5.83 Å². The Bertz CT molecular complexity index is 141. The van der Waals surface area contributed by atoms with Crippen LogP contribution in [-0.4, -0.2) is 0 Å². The lowest BCUT2D eigenvalue weighted by molar-refractivity contribution is 0.466. The van der Waals surface area contributed by atoms with Gasteiger partial charge in [0.2, 0.25) is 0 Å². The standard InChI is InChI=1S/C10H17F/c1-5-10(8(2)3)7-6-9(4)11/h5-6,8,10H,1,7H2,2-4H3/b9-6+. The van der Waals surface area contributed by atoms with Crippen LogP contribution in [0.5, 0.6) is 0 Å². The minimum atomic E-state index is -0.0995. The molecule has 1 heteroatoms. The van der Waals surface area contributed by atoms with Crippen LogP contribution in [0.2, 0.25) is 0 Å². The molecule has 0 aromatic heterocycles. The Morgan fingerprint density at radius 1 is 1.55 bits per heavy atom. The summed E-state index contributed by atoms with van der Waals surface area (Å²) in [7, 11) is 0. The topological polar surface area (TPSA) is 0 Å². The Labute approximate surface area is 68.8 Å². The lowest BCUT2D eigenvalue weighted by Crippen LogP contribution is -2.03. The minimum absolute atomic E-state index is 0.0995. The Kier molecular flexibility index (Phi) is 4.84. The van der Waals surface area contributed by atoms with E-state index < -0.39 is 0 Å². The van der Waals surface area contributed by atoms with Gasteiger partial charge in [-0.25, -0.2) is 4.39 Å². The van der Waals surface area contributed by atoms with Gasteiger partial charge in [-0.3, -0.25) is 0 Å². The quantitative estimate of drug-likeness (QED) is 0.544. The summed E-state index contributed by atoms with van der Waals surface area (Å²) in [6.07, 6.45) is 4.28. The van der Waals surface area contributed by atoms with E-state index in [-0.39, 0.29) is 5.83 Å². The minimum Gasteiger partial charge on any atom is -0.212 e. The van der Waals surface area contributed by atoms with Crippen molar-refractivity contribution in [3.8, 4) is 0 Å².